The number of carbonyl (C=O) groups is 2. The number of oxazole rings is 1. The molecule has 2 heterocycles. The Hall–Kier alpha value is -2.37. The van der Waals surface area contributed by atoms with Crippen LogP contribution in [0.3, 0.4) is 0 Å². The number of imide groups is 1. The van der Waals surface area contributed by atoms with E-state index < -0.39 is 17.7 Å². The summed E-state index contributed by atoms with van der Waals surface area (Å²) >= 11 is 0. The van der Waals surface area contributed by atoms with Crippen LogP contribution in [0.2, 0.25) is 0 Å². The minimum atomic E-state index is -0.686. The number of aromatic nitrogens is 1. The molecule has 0 bridgehead atoms. The van der Waals surface area contributed by atoms with Gasteiger partial charge in [0.15, 0.2) is 5.58 Å². The van der Waals surface area contributed by atoms with Crippen LogP contribution in [0.1, 0.15) is 50.3 Å². The van der Waals surface area contributed by atoms with Gasteiger partial charge in [-0.15, -0.1) is 0 Å². The van der Waals surface area contributed by atoms with E-state index in [2.05, 4.69) is 19.2 Å². The zero-order valence-corrected chi connectivity index (χ0v) is 14.5. The predicted molar refractivity (Wildman–Crippen MR) is 92.2 cm³/mol. The van der Waals surface area contributed by atoms with Crippen molar-refractivity contribution in [2.45, 2.75) is 52.0 Å². The molecule has 1 aliphatic heterocycles. The highest BCUT2D eigenvalue weighted by Gasteiger charge is 2.33. The van der Waals surface area contributed by atoms with Gasteiger partial charge in [0.2, 0.25) is 11.8 Å². The Kier molecular flexibility index (Phi) is 3.78. The van der Waals surface area contributed by atoms with E-state index >= 15 is 0 Å². The van der Waals surface area contributed by atoms with E-state index in [1.165, 1.54) is 10.1 Å². The lowest BCUT2D eigenvalue weighted by molar-refractivity contribution is -0.135. The maximum absolute atomic E-state index is 12.5. The fraction of sp³-hybridized carbons (Fsp3) is 0.526. The third-order valence-electron chi connectivity index (χ3n) is 5.70. The molecule has 1 aliphatic carbocycles. The fourth-order valence-electron chi connectivity index (χ4n) is 4.15. The molecule has 2 aromatic rings. The summed E-state index contributed by atoms with van der Waals surface area (Å²) in [6, 6.07) is 3.23. The van der Waals surface area contributed by atoms with Gasteiger partial charge in [0.25, 0.3) is 0 Å². The number of amides is 2. The molecule has 2 amide bonds. The molecule has 6 heteroatoms. The monoisotopic (exact) mass is 342 g/mol. The highest BCUT2D eigenvalue weighted by Crippen LogP contribution is 2.35. The number of hydrogen-bond donors (Lipinski definition) is 1. The van der Waals surface area contributed by atoms with E-state index in [0.717, 1.165) is 24.8 Å². The van der Waals surface area contributed by atoms with Gasteiger partial charge in [0.1, 0.15) is 6.04 Å². The van der Waals surface area contributed by atoms with Gasteiger partial charge in [-0.25, -0.2) is 4.79 Å². The molecule has 4 rings (SSSR count). The van der Waals surface area contributed by atoms with Crippen molar-refractivity contribution in [2.24, 2.45) is 11.8 Å². The summed E-state index contributed by atoms with van der Waals surface area (Å²) in [6.45, 7) is 4.45. The number of nitrogens with zero attached hydrogens (tertiary/aromatic N) is 1. The second-order valence-electron chi connectivity index (χ2n) is 7.50. The lowest BCUT2D eigenvalue weighted by Gasteiger charge is -2.27. The van der Waals surface area contributed by atoms with Gasteiger partial charge in [-0.05, 0) is 49.1 Å². The molecule has 2 unspecified atom stereocenters. The Bertz CT molecular complexity index is 921. The van der Waals surface area contributed by atoms with Gasteiger partial charge < -0.3 is 4.42 Å². The summed E-state index contributed by atoms with van der Waals surface area (Å²) < 4.78 is 7.01. The van der Waals surface area contributed by atoms with Crippen molar-refractivity contribution in [1.82, 2.24) is 9.88 Å². The highest BCUT2D eigenvalue weighted by molar-refractivity contribution is 6.00. The lowest BCUT2D eigenvalue weighted by atomic mass is 9.78. The second-order valence-corrected chi connectivity index (χ2v) is 7.50. The molecular weight excluding hydrogens is 320 g/mol. The summed E-state index contributed by atoms with van der Waals surface area (Å²) in [7, 11) is 0. The van der Waals surface area contributed by atoms with Gasteiger partial charge >= 0.3 is 5.76 Å². The first kappa shape index (κ1) is 16.1. The molecule has 1 aromatic carbocycles. The third-order valence-corrected chi connectivity index (χ3v) is 5.70. The zero-order chi connectivity index (χ0) is 17.7. The number of rotatable bonds is 2. The van der Waals surface area contributed by atoms with Gasteiger partial charge in [0.05, 0.1) is 5.52 Å². The summed E-state index contributed by atoms with van der Waals surface area (Å²) in [5.41, 5.74) is 3.60. The number of nitrogens with one attached hydrogen (secondary N) is 1. The molecule has 2 aliphatic rings. The first-order valence-electron chi connectivity index (χ1n) is 8.95. The highest BCUT2D eigenvalue weighted by atomic mass is 16.4. The molecular formula is C19H22N2O4. The second kappa shape index (κ2) is 5.86. The van der Waals surface area contributed by atoms with Crippen LogP contribution in [-0.4, -0.2) is 16.4 Å². The number of carbonyl (C=O) groups excluding carboxylic acids is 2. The van der Waals surface area contributed by atoms with E-state index in [4.69, 9.17) is 4.42 Å². The Morgan fingerprint density at radius 3 is 2.68 bits per heavy atom. The topological polar surface area (TPSA) is 81.3 Å². The van der Waals surface area contributed by atoms with Crippen molar-refractivity contribution in [2.75, 3.05) is 0 Å². The Balaban J connectivity index is 1.82. The maximum atomic E-state index is 12.5. The molecule has 1 saturated heterocycles. The van der Waals surface area contributed by atoms with Gasteiger partial charge in [-0.1, -0.05) is 19.9 Å². The van der Waals surface area contributed by atoms with Crippen LogP contribution < -0.4 is 11.1 Å². The Morgan fingerprint density at radius 2 is 1.96 bits per heavy atom. The Morgan fingerprint density at radius 1 is 1.16 bits per heavy atom. The molecule has 132 valence electrons. The van der Waals surface area contributed by atoms with Crippen LogP contribution in [0.15, 0.2) is 21.3 Å². The summed E-state index contributed by atoms with van der Waals surface area (Å²) in [5, 5.41) is 2.31. The van der Waals surface area contributed by atoms with Gasteiger partial charge in [-0.2, -0.15) is 0 Å². The number of aryl methyl sites for hydroxylation is 1. The van der Waals surface area contributed by atoms with Crippen LogP contribution in [0.4, 0.5) is 0 Å². The molecule has 25 heavy (non-hydrogen) atoms. The van der Waals surface area contributed by atoms with Crippen LogP contribution in [-0.2, 0) is 22.4 Å². The zero-order valence-electron chi connectivity index (χ0n) is 14.5. The Labute approximate surface area is 145 Å². The van der Waals surface area contributed by atoms with E-state index in [-0.39, 0.29) is 12.3 Å². The molecule has 1 N–H and O–H groups in total. The first-order valence-corrected chi connectivity index (χ1v) is 8.95. The fourth-order valence-corrected chi connectivity index (χ4v) is 4.15. The van der Waals surface area contributed by atoms with Crippen molar-refractivity contribution in [1.29, 1.82) is 0 Å². The molecule has 6 nitrogen and oxygen atoms in total. The van der Waals surface area contributed by atoms with Gasteiger partial charge in [-0.3, -0.25) is 19.5 Å². The lowest BCUT2D eigenvalue weighted by Crippen LogP contribution is -2.43. The smallest absolute Gasteiger partial charge is 0.407 e. The van der Waals surface area contributed by atoms with Crippen molar-refractivity contribution in [3.63, 3.8) is 0 Å². The van der Waals surface area contributed by atoms with E-state index in [0.29, 0.717) is 29.4 Å². The van der Waals surface area contributed by atoms with E-state index in [1.54, 1.807) is 0 Å². The molecule has 0 spiro atoms. The predicted octanol–water partition coefficient (Wildman–Crippen LogP) is 2.33. The average molecular weight is 342 g/mol. The number of piperidine rings is 1. The summed E-state index contributed by atoms with van der Waals surface area (Å²) in [4.78, 5) is 36.1. The van der Waals surface area contributed by atoms with Crippen LogP contribution in [0.5, 0.6) is 0 Å². The van der Waals surface area contributed by atoms with Crippen LogP contribution in [0.25, 0.3) is 11.1 Å². The maximum Gasteiger partial charge on any atom is 0.420 e. The quantitative estimate of drug-likeness (QED) is 0.849. The summed E-state index contributed by atoms with van der Waals surface area (Å²) in [5.74, 6) is -0.0997. The minimum absolute atomic E-state index is 0.232. The van der Waals surface area contributed by atoms with Crippen molar-refractivity contribution in [3.05, 3.63) is 33.8 Å². The average Bonchev–Trinajstić information content (AvgIpc) is 2.91. The summed E-state index contributed by atoms with van der Waals surface area (Å²) in [6.07, 6.45) is 3.59. The molecule has 1 fully saturated rings. The normalized spacial score (nSPS) is 23.8. The van der Waals surface area contributed by atoms with Crippen LogP contribution >= 0.6 is 0 Å². The minimum Gasteiger partial charge on any atom is -0.407 e. The number of hydrogen-bond acceptors (Lipinski definition) is 4. The van der Waals surface area contributed by atoms with E-state index in [9.17, 15) is 14.4 Å². The number of benzene rings is 1. The van der Waals surface area contributed by atoms with Gasteiger partial charge in [0, 0.05) is 12.0 Å². The molecule has 0 radical (unpaired) electrons. The number of fused-ring (bicyclic) bond motifs is 3. The molecule has 0 saturated carbocycles. The third kappa shape index (κ3) is 2.60. The first-order chi connectivity index (χ1) is 12.0. The largest absolute Gasteiger partial charge is 0.420 e. The molecule has 1 aromatic heterocycles. The van der Waals surface area contributed by atoms with Crippen molar-refractivity contribution in [3.8, 4) is 0 Å². The SMILES string of the molecule is CC(C)C1CCc2ccc3c(oc(=O)n3C3CCC(=O)NC3=O)c2C1. The van der Waals surface area contributed by atoms with E-state index in [1.807, 2.05) is 12.1 Å². The van der Waals surface area contributed by atoms with Crippen molar-refractivity contribution < 1.29 is 14.0 Å². The van der Waals surface area contributed by atoms with Crippen molar-refractivity contribution >= 4 is 22.9 Å². The standard InChI is InChI=1S/C19H22N2O4/c1-10(2)12-4-3-11-5-6-14-17(13(11)9-12)25-19(24)21(14)15-7-8-16(22)20-18(15)23/h5-6,10,12,15H,3-4,7-9H2,1-2H3,(H,20,22,23). The van der Waals surface area contributed by atoms with Crippen LogP contribution in [0, 0.1) is 11.8 Å². The molecule has 2 atom stereocenters.